The molecule has 0 spiro atoms. The fraction of sp³-hybridized carbons (Fsp3) is 0.400. The van der Waals surface area contributed by atoms with Gasteiger partial charge in [0.25, 0.3) is 5.91 Å². The fourth-order valence-corrected chi connectivity index (χ4v) is 2.12. The predicted molar refractivity (Wildman–Crippen MR) is 81.2 cm³/mol. The summed E-state index contributed by atoms with van der Waals surface area (Å²) >= 11 is 0. The van der Waals surface area contributed by atoms with E-state index in [1.807, 2.05) is 44.2 Å². The third-order valence-electron chi connectivity index (χ3n) is 3.83. The molecule has 0 unspecified atom stereocenters. The summed E-state index contributed by atoms with van der Waals surface area (Å²) in [5, 5.41) is 11.3. The molecular weight excluding hydrogens is 266 g/mol. The number of hydrogen-bond donors (Lipinski definition) is 2. The van der Waals surface area contributed by atoms with Crippen molar-refractivity contribution in [3.8, 4) is 5.69 Å². The van der Waals surface area contributed by atoms with E-state index in [9.17, 15) is 4.79 Å². The maximum absolute atomic E-state index is 12.3. The first-order chi connectivity index (χ1) is 10.1. The van der Waals surface area contributed by atoms with E-state index in [0.29, 0.717) is 12.2 Å². The van der Waals surface area contributed by atoms with E-state index in [2.05, 4.69) is 15.5 Å². The SMILES string of the molecule is CCC(CC)(CN)NC(=O)c1cnn(-c2ccccc2)n1. The van der Waals surface area contributed by atoms with Gasteiger partial charge < -0.3 is 11.1 Å². The van der Waals surface area contributed by atoms with Gasteiger partial charge in [0.05, 0.1) is 17.4 Å². The Hall–Kier alpha value is -2.21. The summed E-state index contributed by atoms with van der Waals surface area (Å²) in [5.74, 6) is -0.244. The summed E-state index contributed by atoms with van der Waals surface area (Å²) in [6, 6.07) is 9.46. The monoisotopic (exact) mass is 287 g/mol. The average molecular weight is 287 g/mol. The first-order valence-corrected chi connectivity index (χ1v) is 7.14. The highest BCUT2D eigenvalue weighted by molar-refractivity contribution is 5.92. The third kappa shape index (κ3) is 3.28. The lowest BCUT2D eigenvalue weighted by Gasteiger charge is -2.30. The van der Waals surface area contributed by atoms with Gasteiger partial charge in [-0.25, -0.2) is 0 Å². The van der Waals surface area contributed by atoms with Crippen molar-refractivity contribution in [3.05, 3.63) is 42.2 Å². The lowest BCUT2D eigenvalue weighted by molar-refractivity contribution is 0.0889. The van der Waals surface area contributed by atoms with Gasteiger partial charge in [0.15, 0.2) is 5.69 Å². The molecule has 0 aliphatic heterocycles. The molecule has 0 saturated heterocycles. The van der Waals surface area contributed by atoms with E-state index >= 15 is 0 Å². The second kappa shape index (κ2) is 6.49. The number of benzene rings is 1. The van der Waals surface area contributed by atoms with E-state index in [1.54, 1.807) is 0 Å². The van der Waals surface area contributed by atoms with Gasteiger partial charge in [-0.05, 0) is 25.0 Å². The molecule has 0 aliphatic rings. The number of nitrogens with zero attached hydrogens (tertiary/aromatic N) is 3. The van der Waals surface area contributed by atoms with Crippen molar-refractivity contribution in [1.29, 1.82) is 0 Å². The number of carbonyl (C=O) groups is 1. The Balaban J connectivity index is 2.16. The number of carbonyl (C=O) groups excluding carboxylic acids is 1. The Kier molecular flexibility index (Phi) is 4.70. The van der Waals surface area contributed by atoms with E-state index in [4.69, 9.17) is 5.73 Å². The Morgan fingerprint density at radius 1 is 1.29 bits per heavy atom. The quantitative estimate of drug-likeness (QED) is 0.843. The molecule has 0 radical (unpaired) electrons. The zero-order valence-corrected chi connectivity index (χ0v) is 12.4. The first-order valence-electron chi connectivity index (χ1n) is 7.14. The van der Waals surface area contributed by atoms with Crippen molar-refractivity contribution in [3.63, 3.8) is 0 Å². The second-order valence-corrected chi connectivity index (χ2v) is 5.00. The summed E-state index contributed by atoms with van der Waals surface area (Å²) in [5.41, 5.74) is 6.52. The van der Waals surface area contributed by atoms with Crippen LogP contribution in [0.25, 0.3) is 5.69 Å². The van der Waals surface area contributed by atoms with E-state index in [1.165, 1.54) is 11.0 Å². The van der Waals surface area contributed by atoms with Crippen LogP contribution in [0.1, 0.15) is 37.2 Å². The first kappa shape index (κ1) is 15.2. The van der Waals surface area contributed by atoms with Crippen LogP contribution in [0.5, 0.6) is 0 Å². The largest absolute Gasteiger partial charge is 0.344 e. The van der Waals surface area contributed by atoms with Crippen LogP contribution in [-0.2, 0) is 0 Å². The number of hydrogen-bond acceptors (Lipinski definition) is 4. The highest BCUT2D eigenvalue weighted by Crippen LogP contribution is 2.14. The zero-order valence-electron chi connectivity index (χ0n) is 12.4. The van der Waals surface area contributed by atoms with Gasteiger partial charge in [-0.1, -0.05) is 32.0 Å². The summed E-state index contributed by atoms with van der Waals surface area (Å²) < 4.78 is 0. The second-order valence-electron chi connectivity index (χ2n) is 5.00. The van der Waals surface area contributed by atoms with Crippen LogP contribution in [0.2, 0.25) is 0 Å². The minimum atomic E-state index is -0.381. The molecule has 0 fully saturated rings. The van der Waals surface area contributed by atoms with Gasteiger partial charge in [-0.3, -0.25) is 4.79 Å². The normalized spacial score (nSPS) is 11.4. The van der Waals surface area contributed by atoms with E-state index < -0.39 is 0 Å². The van der Waals surface area contributed by atoms with Gasteiger partial charge >= 0.3 is 0 Å². The third-order valence-corrected chi connectivity index (χ3v) is 3.83. The molecule has 0 saturated carbocycles. The molecule has 1 heterocycles. The minimum absolute atomic E-state index is 0.244. The van der Waals surface area contributed by atoms with Crippen molar-refractivity contribution in [2.45, 2.75) is 32.2 Å². The van der Waals surface area contributed by atoms with Crippen molar-refractivity contribution < 1.29 is 4.79 Å². The van der Waals surface area contributed by atoms with Gasteiger partial charge in [0.2, 0.25) is 0 Å². The number of para-hydroxylation sites is 1. The number of nitrogens with one attached hydrogen (secondary N) is 1. The van der Waals surface area contributed by atoms with Crippen molar-refractivity contribution in [2.24, 2.45) is 5.73 Å². The van der Waals surface area contributed by atoms with Crippen molar-refractivity contribution in [1.82, 2.24) is 20.3 Å². The summed E-state index contributed by atoms with van der Waals surface area (Å²) in [6.45, 7) is 4.42. The molecular formula is C15H21N5O. The summed E-state index contributed by atoms with van der Waals surface area (Å²) in [6.07, 6.45) is 3.02. The smallest absolute Gasteiger partial charge is 0.273 e. The molecule has 1 aromatic carbocycles. The van der Waals surface area contributed by atoms with Crippen molar-refractivity contribution in [2.75, 3.05) is 6.54 Å². The van der Waals surface area contributed by atoms with Crippen LogP contribution >= 0.6 is 0 Å². The molecule has 6 nitrogen and oxygen atoms in total. The maximum Gasteiger partial charge on any atom is 0.273 e. The average Bonchev–Trinajstić information content (AvgIpc) is 3.04. The lowest BCUT2D eigenvalue weighted by atomic mass is 9.93. The molecule has 2 rings (SSSR count). The number of nitrogens with two attached hydrogens (primary N) is 1. The summed E-state index contributed by atoms with van der Waals surface area (Å²) in [4.78, 5) is 13.7. The minimum Gasteiger partial charge on any atom is -0.344 e. The molecule has 0 bridgehead atoms. The van der Waals surface area contributed by atoms with E-state index in [-0.39, 0.29) is 11.4 Å². The van der Waals surface area contributed by atoms with Crippen LogP contribution < -0.4 is 11.1 Å². The fourth-order valence-electron chi connectivity index (χ4n) is 2.12. The van der Waals surface area contributed by atoms with Gasteiger partial charge in [0, 0.05) is 6.54 Å². The molecule has 21 heavy (non-hydrogen) atoms. The van der Waals surface area contributed by atoms with Gasteiger partial charge in [-0.2, -0.15) is 9.90 Å². The molecule has 3 N–H and O–H groups in total. The Morgan fingerprint density at radius 2 is 1.95 bits per heavy atom. The highest BCUT2D eigenvalue weighted by Gasteiger charge is 2.27. The topological polar surface area (TPSA) is 85.8 Å². The van der Waals surface area contributed by atoms with Gasteiger partial charge in [-0.15, -0.1) is 5.10 Å². The Labute approximate surface area is 124 Å². The molecule has 2 aromatic rings. The molecule has 6 heteroatoms. The van der Waals surface area contributed by atoms with Crippen molar-refractivity contribution >= 4 is 5.91 Å². The highest BCUT2D eigenvalue weighted by atomic mass is 16.2. The molecule has 1 aromatic heterocycles. The van der Waals surface area contributed by atoms with Gasteiger partial charge in [0.1, 0.15) is 0 Å². The van der Waals surface area contributed by atoms with Crippen LogP contribution in [-0.4, -0.2) is 33.0 Å². The molecule has 0 aliphatic carbocycles. The molecule has 112 valence electrons. The number of rotatable bonds is 6. The number of aromatic nitrogens is 3. The zero-order chi connectivity index (χ0) is 15.3. The molecule has 1 amide bonds. The molecule has 0 atom stereocenters. The maximum atomic E-state index is 12.3. The lowest BCUT2D eigenvalue weighted by Crippen LogP contribution is -2.53. The van der Waals surface area contributed by atoms with E-state index in [0.717, 1.165) is 18.5 Å². The van der Waals surface area contributed by atoms with Crippen LogP contribution in [0.15, 0.2) is 36.5 Å². The predicted octanol–water partition coefficient (Wildman–Crippen LogP) is 1.51. The standard InChI is InChI=1S/C15H21N5O/c1-3-15(4-2,11-16)18-14(21)13-10-17-20(19-13)12-8-6-5-7-9-12/h5-10H,3-4,11,16H2,1-2H3,(H,18,21). The number of amides is 1. The van der Waals surface area contributed by atoms with Crippen LogP contribution in [0.3, 0.4) is 0 Å². The summed E-state index contributed by atoms with van der Waals surface area (Å²) in [7, 11) is 0. The van der Waals surface area contributed by atoms with Crippen LogP contribution in [0.4, 0.5) is 0 Å². The van der Waals surface area contributed by atoms with Crippen LogP contribution in [0, 0.1) is 0 Å². The Bertz CT molecular complexity index is 581. The Morgan fingerprint density at radius 3 is 2.52 bits per heavy atom.